The van der Waals surface area contributed by atoms with Gasteiger partial charge in [-0.15, -0.1) is 0 Å². The van der Waals surface area contributed by atoms with Crippen LogP contribution in [0, 0.1) is 0 Å². The maximum atomic E-state index is 12.9. The summed E-state index contributed by atoms with van der Waals surface area (Å²) in [5, 5.41) is 4.98. The van der Waals surface area contributed by atoms with Crippen LogP contribution in [-0.2, 0) is 24.2 Å². The molecule has 0 bridgehead atoms. The van der Waals surface area contributed by atoms with Crippen molar-refractivity contribution in [3.8, 4) is 11.5 Å². The van der Waals surface area contributed by atoms with Crippen molar-refractivity contribution in [2.24, 2.45) is 0 Å². The second kappa shape index (κ2) is 7.92. The molecule has 0 spiro atoms. The third-order valence-electron chi connectivity index (χ3n) is 5.00. The van der Waals surface area contributed by atoms with Gasteiger partial charge >= 0.3 is 0 Å². The van der Waals surface area contributed by atoms with Gasteiger partial charge in [-0.3, -0.25) is 4.79 Å². The number of carbonyl (C=O) groups is 1. The van der Waals surface area contributed by atoms with Crippen molar-refractivity contribution < 1.29 is 18.8 Å². The number of para-hydroxylation sites is 1. The summed E-state index contributed by atoms with van der Waals surface area (Å²) in [6.07, 6.45) is 1.04. The van der Waals surface area contributed by atoms with Crippen molar-refractivity contribution in [2.75, 3.05) is 19.8 Å². The largest absolute Gasteiger partial charge is 0.490 e. The summed E-state index contributed by atoms with van der Waals surface area (Å²) in [4.78, 5) is 14.8. The van der Waals surface area contributed by atoms with Gasteiger partial charge in [0.15, 0.2) is 17.1 Å². The van der Waals surface area contributed by atoms with E-state index in [0.717, 1.165) is 28.9 Å². The molecular weight excluding hydrogens is 356 g/mol. The van der Waals surface area contributed by atoms with Crippen LogP contribution in [0.4, 0.5) is 0 Å². The highest BCUT2D eigenvalue weighted by Crippen LogP contribution is 2.34. The minimum atomic E-state index is 0.0524. The van der Waals surface area contributed by atoms with Crippen molar-refractivity contribution in [1.29, 1.82) is 0 Å². The lowest BCUT2D eigenvalue weighted by molar-refractivity contribution is -0.131. The normalized spacial score (nSPS) is 13.4. The van der Waals surface area contributed by atoms with Crippen molar-refractivity contribution in [1.82, 2.24) is 10.1 Å². The van der Waals surface area contributed by atoms with Crippen molar-refractivity contribution >= 4 is 16.9 Å². The standard InChI is InChI=1S/C22H24N2O4/c1-3-26-20-11-15-9-10-24(14-16(15)12-21(20)27-4-2)22(25)13-18-17-7-5-6-8-19(17)28-23-18/h5-8,11-12H,3-4,9-10,13-14H2,1-2H3. The Morgan fingerprint density at radius 1 is 1.11 bits per heavy atom. The van der Waals surface area contributed by atoms with E-state index in [1.807, 2.05) is 49.1 Å². The van der Waals surface area contributed by atoms with Gasteiger partial charge in [-0.25, -0.2) is 0 Å². The summed E-state index contributed by atoms with van der Waals surface area (Å²) >= 11 is 0. The lowest BCUT2D eigenvalue weighted by Crippen LogP contribution is -2.37. The molecule has 0 unspecified atom stereocenters. The SMILES string of the molecule is CCOc1cc2c(cc1OCC)CN(C(=O)Cc1noc3ccccc13)CC2. The molecule has 0 N–H and O–H groups in total. The number of aromatic nitrogens is 1. The molecule has 6 nitrogen and oxygen atoms in total. The highest BCUT2D eigenvalue weighted by Gasteiger charge is 2.24. The zero-order valence-corrected chi connectivity index (χ0v) is 16.2. The topological polar surface area (TPSA) is 64.8 Å². The Labute approximate surface area is 164 Å². The molecule has 1 aliphatic heterocycles. The number of carbonyl (C=O) groups excluding carboxylic acids is 1. The lowest BCUT2D eigenvalue weighted by atomic mass is 9.98. The highest BCUT2D eigenvalue weighted by atomic mass is 16.5. The molecule has 0 saturated carbocycles. The van der Waals surface area contributed by atoms with E-state index in [2.05, 4.69) is 11.2 Å². The van der Waals surface area contributed by atoms with E-state index in [1.54, 1.807) is 0 Å². The highest BCUT2D eigenvalue weighted by molar-refractivity contribution is 5.86. The van der Waals surface area contributed by atoms with Gasteiger partial charge in [0.25, 0.3) is 0 Å². The first-order valence-electron chi connectivity index (χ1n) is 9.72. The smallest absolute Gasteiger partial charge is 0.229 e. The molecule has 0 atom stereocenters. The van der Waals surface area contributed by atoms with Crippen molar-refractivity contribution in [2.45, 2.75) is 33.2 Å². The van der Waals surface area contributed by atoms with Gasteiger partial charge in [0.2, 0.25) is 5.91 Å². The van der Waals surface area contributed by atoms with Crippen molar-refractivity contribution in [3.63, 3.8) is 0 Å². The van der Waals surface area contributed by atoms with E-state index < -0.39 is 0 Å². The molecule has 2 heterocycles. The average molecular weight is 380 g/mol. The minimum Gasteiger partial charge on any atom is -0.490 e. The molecule has 146 valence electrons. The molecule has 0 aliphatic carbocycles. The zero-order valence-electron chi connectivity index (χ0n) is 16.2. The summed E-state index contributed by atoms with van der Waals surface area (Å²) in [7, 11) is 0. The molecule has 3 aromatic rings. The van der Waals surface area contributed by atoms with Gasteiger partial charge in [0.1, 0.15) is 5.69 Å². The fraction of sp³-hybridized carbons (Fsp3) is 0.364. The van der Waals surface area contributed by atoms with Gasteiger partial charge < -0.3 is 18.9 Å². The zero-order chi connectivity index (χ0) is 19.5. The van der Waals surface area contributed by atoms with Crippen LogP contribution in [0.5, 0.6) is 11.5 Å². The number of benzene rings is 2. The third-order valence-corrected chi connectivity index (χ3v) is 5.00. The molecule has 0 fully saturated rings. The Balaban J connectivity index is 1.52. The molecular formula is C22H24N2O4. The average Bonchev–Trinajstić information content (AvgIpc) is 3.11. The summed E-state index contributed by atoms with van der Waals surface area (Å²) < 4.78 is 16.8. The summed E-state index contributed by atoms with van der Waals surface area (Å²) in [6, 6.07) is 11.7. The summed E-state index contributed by atoms with van der Waals surface area (Å²) in [6.45, 7) is 6.32. The molecule has 0 saturated heterocycles. The fourth-order valence-corrected chi connectivity index (χ4v) is 3.63. The maximum Gasteiger partial charge on any atom is 0.229 e. The van der Waals surface area contributed by atoms with Crippen LogP contribution in [0.25, 0.3) is 11.0 Å². The first kappa shape index (κ1) is 18.3. The molecule has 0 radical (unpaired) electrons. The molecule has 28 heavy (non-hydrogen) atoms. The number of hydrogen-bond acceptors (Lipinski definition) is 5. The quantitative estimate of drug-likeness (QED) is 0.652. The number of rotatable bonds is 6. The number of hydrogen-bond donors (Lipinski definition) is 0. The minimum absolute atomic E-state index is 0.0524. The molecule has 1 amide bonds. The van der Waals surface area contributed by atoms with Gasteiger partial charge in [-0.05, 0) is 55.7 Å². The lowest BCUT2D eigenvalue weighted by Gasteiger charge is -2.29. The number of amides is 1. The van der Waals surface area contributed by atoms with Gasteiger partial charge in [-0.1, -0.05) is 17.3 Å². The molecule has 1 aliphatic rings. The van der Waals surface area contributed by atoms with Crippen LogP contribution in [0.2, 0.25) is 0 Å². The summed E-state index contributed by atoms with van der Waals surface area (Å²) in [5.74, 6) is 1.56. The van der Waals surface area contributed by atoms with E-state index in [9.17, 15) is 4.79 Å². The first-order valence-corrected chi connectivity index (χ1v) is 9.72. The fourth-order valence-electron chi connectivity index (χ4n) is 3.63. The van der Waals surface area contributed by atoms with Gasteiger partial charge in [0.05, 0.1) is 19.6 Å². The van der Waals surface area contributed by atoms with Crippen LogP contribution < -0.4 is 9.47 Å². The molecule has 6 heteroatoms. The maximum absolute atomic E-state index is 12.9. The van der Waals surface area contributed by atoms with E-state index in [4.69, 9.17) is 14.0 Å². The Morgan fingerprint density at radius 2 is 1.82 bits per heavy atom. The third kappa shape index (κ3) is 3.54. The predicted molar refractivity (Wildman–Crippen MR) is 106 cm³/mol. The van der Waals surface area contributed by atoms with E-state index in [0.29, 0.717) is 37.6 Å². The molecule has 2 aromatic carbocycles. The van der Waals surface area contributed by atoms with Crippen molar-refractivity contribution in [3.05, 3.63) is 53.2 Å². The Hall–Kier alpha value is -3.02. The van der Waals surface area contributed by atoms with Crippen LogP contribution in [-0.4, -0.2) is 35.7 Å². The second-order valence-electron chi connectivity index (χ2n) is 6.80. The number of fused-ring (bicyclic) bond motifs is 2. The Kier molecular flexibility index (Phi) is 5.19. The van der Waals surface area contributed by atoms with Gasteiger partial charge in [0, 0.05) is 18.5 Å². The summed E-state index contributed by atoms with van der Waals surface area (Å²) in [5.41, 5.74) is 3.71. The number of ether oxygens (including phenoxy) is 2. The van der Waals surface area contributed by atoms with Crippen LogP contribution >= 0.6 is 0 Å². The molecule has 4 rings (SSSR count). The van der Waals surface area contributed by atoms with Crippen LogP contribution in [0.15, 0.2) is 40.9 Å². The first-order chi connectivity index (χ1) is 13.7. The number of nitrogens with zero attached hydrogens (tertiary/aromatic N) is 2. The van der Waals surface area contributed by atoms with Crippen LogP contribution in [0.3, 0.4) is 0 Å². The van der Waals surface area contributed by atoms with E-state index in [-0.39, 0.29) is 12.3 Å². The predicted octanol–water partition coefficient (Wildman–Crippen LogP) is 3.75. The van der Waals surface area contributed by atoms with E-state index >= 15 is 0 Å². The molecule has 1 aromatic heterocycles. The van der Waals surface area contributed by atoms with Crippen LogP contribution in [0.1, 0.15) is 30.7 Å². The second-order valence-corrected chi connectivity index (χ2v) is 6.80. The Bertz CT molecular complexity index is 995. The van der Waals surface area contributed by atoms with E-state index in [1.165, 1.54) is 5.56 Å². The van der Waals surface area contributed by atoms with Gasteiger partial charge in [-0.2, -0.15) is 0 Å². The monoisotopic (exact) mass is 380 g/mol. The Morgan fingerprint density at radius 3 is 2.57 bits per heavy atom.